The van der Waals surface area contributed by atoms with Gasteiger partial charge < -0.3 is 10.2 Å². The molecule has 2 heteroatoms. The number of rotatable bonds is 18. The summed E-state index contributed by atoms with van der Waals surface area (Å²) in [4.78, 5) is 2.80. The highest BCUT2D eigenvalue weighted by Gasteiger charge is 2.15. The zero-order valence-corrected chi connectivity index (χ0v) is 17.7. The summed E-state index contributed by atoms with van der Waals surface area (Å²) in [6.07, 6.45) is 21.4. The molecule has 0 radical (unpaired) electrons. The molecule has 0 aromatic carbocycles. The lowest BCUT2D eigenvalue weighted by Crippen LogP contribution is -2.29. The minimum Gasteiger partial charge on any atom is -0.316 e. The fourth-order valence-corrected chi connectivity index (χ4v) is 4.07. The van der Waals surface area contributed by atoms with E-state index in [-0.39, 0.29) is 0 Å². The minimum atomic E-state index is 0.945. The lowest BCUT2D eigenvalue weighted by Gasteiger charge is -2.24. The van der Waals surface area contributed by atoms with Crippen LogP contribution in [0.25, 0.3) is 0 Å². The van der Waals surface area contributed by atoms with Crippen molar-refractivity contribution in [2.45, 2.75) is 110 Å². The summed E-state index contributed by atoms with van der Waals surface area (Å²) in [5.41, 5.74) is 0. The topological polar surface area (TPSA) is 15.3 Å². The van der Waals surface area contributed by atoms with Crippen LogP contribution >= 0.6 is 0 Å². The van der Waals surface area contributed by atoms with E-state index in [0.717, 1.165) is 5.92 Å². The van der Waals surface area contributed by atoms with E-state index in [1.807, 2.05) is 0 Å². The smallest absolute Gasteiger partial charge is 0.00156 e. The first-order valence-electron chi connectivity index (χ1n) is 11.8. The summed E-state index contributed by atoms with van der Waals surface area (Å²) >= 11 is 0. The van der Waals surface area contributed by atoms with Crippen molar-refractivity contribution in [1.82, 2.24) is 10.2 Å². The van der Waals surface area contributed by atoms with Gasteiger partial charge in [-0.25, -0.2) is 0 Å². The van der Waals surface area contributed by atoms with Crippen LogP contribution < -0.4 is 5.32 Å². The summed E-state index contributed by atoms with van der Waals surface area (Å²) in [5.74, 6) is 0.945. The number of nitrogens with zero attached hydrogens (tertiary/aromatic N) is 1. The van der Waals surface area contributed by atoms with Gasteiger partial charge in [0.25, 0.3) is 0 Å². The van der Waals surface area contributed by atoms with E-state index in [1.165, 1.54) is 129 Å². The molecule has 1 aliphatic heterocycles. The first-order chi connectivity index (χ1) is 12.4. The molecule has 0 aliphatic carbocycles. The largest absolute Gasteiger partial charge is 0.316 e. The molecule has 0 aromatic rings. The van der Waals surface area contributed by atoms with Crippen LogP contribution in [0.2, 0.25) is 0 Å². The maximum atomic E-state index is 3.53. The fraction of sp³-hybridized carbons (Fsp3) is 1.00. The van der Waals surface area contributed by atoms with Gasteiger partial charge in [0.05, 0.1) is 0 Å². The molecule has 1 N–H and O–H groups in total. The molecule has 1 rings (SSSR count). The monoisotopic (exact) mass is 352 g/mol. The molecular formula is C23H48N2. The predicted molar refractivity (Wildman–Crippen MR) is 113 cm³/mol. The van der Waals surface area contributed by atoms with Crippen molar-refractivity contribution >= 4 is 0 Å². The van der Waals surface area contributed by atoms with Gasteiger partial charge >= 0.3 is 0 Å². The average Bonchev–Trinajstić information content (AvgIpc) is 3.14. The highest BCUT2D eigenvalue weighted by atomic mass is 15.1. The van der Waals surface area contributed by atoms with Crippen molar-refractivity contribution < 1.29 is 0 Å². The Morgan fingerprint density at radius 1 is 0.680 bits per heavy atom. The van der Waals surface area contributed by atoms with Crippen molar-refractivity contribution in [3.05, 3.63) is 0 Å². The van der Waals surface area contributed by atoms with Gasteiger partial charge in [-0.05, 0) is 64.3 Å². The second-order valence-electron chi connectivity index (χ2n) is 8.38. The van der Waals surface area contributed by atoms with Gasteiger partial charge in [0.2, 0.25) is 0 Å². The van der Waals surface area contributed by atoms with Gasteiger partial charge in [0.15, 0.2) is 0 Å². The van der Waals surface area contributed by atoms with Crippen LogP contribution in [-0.2, 0) is 0 Å². The molecule has 0 saturated carbocycles. The van der Waals surface area contributed by atoms with Crippen molar-refractivity contribution in [1.29, 1.82) is 0 Å². The first kappa shape index (κ1) is 23.0. The highest BCUT2D eigenvalue weighted by molar-refractivity contribution is 4.73. The van der Waals surface area contributed by atoms with Gasteiger partial charge in [-0.3, -0.25) is 0 Å². The van der Waals surface area contributed by atoms with Gasteiger partial charge in [-0.2, -0.15) is 0 Å². The fourth-order valence-electron chi connectivity index (χ4n) is 4.07. The second kappa shape index (κ2) is 17.3. The lowest BCUT2D eigenvalue weighted by atomic mass is 10.0. The third kappa shape index (κ3) is 13.7. The summed E-state index contributed by atoms with van der Waals surface area (Å²) in [6, 6.07) is 0. The Morgan fingerprint density at radius 2 is 1.20 bits per heavy atom. The molecule has 0 spiro atoms. The molecule has 1 aliphatic rings. The summed E-state index contributed by atoms with van der Waals surface area (Å²) in [6.45, 7) is 11.2. The van der Waals surface area contributed by atoms with E-state index in [1.54, 1.807) is 0 Å². The molecule has 0 bridgehead atoms. The molecular weight excluding hydrogens is 304 g/mol. The Kier molecular flexibility index (Phi) is 15.9. The molecule has 0 aromatic heterocycles. The van der Waals surface area contributed by atoms with Crippen molar-refractivity contribution in [3.63, 3.8) is 0 Å². The van der Waals surface area contributed by atoms with Crippen LogP contribution in [0, 0.1) is 5.92 Å². The van der Waals surface area contributed by atoms with E-state index in [0.29, 0.717) is 0 Å². The van der Waals surface area contributed by atoms with Crippen LogP contribution in [0.4, 0.5) is 0 Å². The van der Waals surface area contributed by atoms with E-state index >= 15 is 0 Å². The molecule has 0 amide bonds. The van der Waals surface area contributed by atoms with Crippen LogP contribution in [0.5, 0.6) is 0 Å². The zero-order valence-electron chi connectivity index (χ0n) is 17.7. The Morgan fingerprint density at radius 3 is 1.68 bits per heavy atom. The van der Waals surface area contributed by atoms with Gasteiger partial charge in [0, 0.05) is 0 Å². The van der Waals surface area contributed by atoms with Crippen molar-refractivity contribution in [3.8, 4) is 0 Å². The minimum absolute atomic E-state index is 0.945. The zero-order chi connectivity index (χ0) is 18.0. The summed E-state index contributed by atoms with van der Waals surface area (Å²) in [7, 11) is 0. The Labute approximate surface area is 159 Å². The summed E-state index contributed by atoms with van der Waals surface area (Å²) in [5, 5.41) is 3.53. The second-order valence-corrected chi connectivity index (χ2v) is 8.38. The SMILES string of the molecule is CCCCCCCCCN(CCCCCCCC)CCC1CCNC1. The molecule has 1 atom stereocenters. The Bertz CT molecular complexity index is 261. The third-order valence-electron chi connectivity index (χ3n) is 5.92. The molecule has 25 heavy (non-hydrogen) atoms. The number of hydrogen-bond donors (Lipinski definition) is 1. The third-order valence-corrected chi connectivity index (χ3v) is 5.92. The van der Waals surface area contributed by atoms with Crippen molar-refractivity contribution in [2.24, 2.45) is 5.92 Å². The van der Waals surface area contributed by atoms with E-state index in [9.17, 15) is 0 Å². The lowest BCUT2D eigenvalue weighted by molar-refractivity contribution is 0.243. The van der Waals surface area contributed by atoms with Crippen LogP contribution in [0.15, 0.2) is 0 Å². The predicted octanol–water partition coefficient (Wildman–Crippen LogP) is 6.40. The van der Waals surface area contributed by atoms with Crippen LogP contribution in [0.1, 0.15) is 110 Å². The van der Waals surface area contributed by atoms with Crippen molar-refractivity contribution in [2.75, 3.05) is 32.7 Å². The highest BCUT2D eigenvalue weighted by Crippen LogP contribution is 2.15. The summed E-state index contributed by atoms with van der Waals surface area (Å²) < 4.78 is 0. The average molecular weight is 353 g/mol. The van der Waals surface area contributed by atoms with E-state index in [4.69, 9.17) is 0 Å². The maximum Gasteiger partial charge on any atom is -0.00156 e. The van der Waals surface area contributed by atoms with Crippen LogP contribution in [0.3, 0.4) is 0 Å². The molecule has 1 unspecified atom stereocenters. The molecule has 1 saturated heterocycles. The van der Waals surface area contributed by atoms with Gasteiger partial charge in [-0.1, -0.05) is 84.5 Å². The Hall–Kier alpha value is -0.0800. The van der Waals surface area contributed by atoms with Gasteiger partial charge in [-0.15, -0.1) is 0 Å². The molecule has 1 heterocycles. The van der Waals surface area contributed by atoms with Crippen LogP contribution in [-0.4, -0.2) is 37.6 Å². The standard InChI is InChI=1S/C23H48N2/c1-3-5-7-9-11-13-15-20-25(19-14-12-10-8-6-4-2)21-17-23-16-18-24-22-23/h23-24H,3-22H2,1-2H3. The molecule has 1 fully saturated rings. The van der Waals surface area contributed by atoms with E-state index in [2.05, 4.69) is 24.1 Å². The maximum absolute atomic E-state index is 3.53. The molecule has 150 valence electrons. The number of unbranched alkanes of at least 4 members (excludes halogenated alkanes) is 11. The van der Waals surface area contributed by atoms with Gasteiger partial charge in [0.1, 0.15) is 0 Å². The Balaban J connectivity index is 2.10. The first-order valence-corrected chi connectivity index (χ1v) is 11.8. The van der Waals surface area contributed by atoms with E-state index < -0.39 is 0 Å². The molecule has 2 nitrogen and oxygen atoms in total. The number of nitrogens with one attached hydrogen (secondary N) is 1. The quantitative estimate of drug-likeness (QED) is 0.287. The number of hydrogen-bond acceptors (Lipinski definition) is 2. The normalized spacial score (nSPS) is 17.6.